The second kappa shape index (κ2) is 9.48. The molecule has 0 heterocycles. The van der Waals surface area contributed by atoms with Gasteiger partial charge in [0.2, 0.25) is 7.37 Å². The van der Waals surface area contributed by atoms with Gasteiger partial charge in [0.25, 0.3) is 0 Å². The largest absolute Gasteiger partial charge is 0.481 e. The number of carbonyl (C=O) groups is 2. The number of aliphatic carboxylic acids is 2. The van der Waals surface area contributed by atoms with Crippen LogP contribution in [0.5, 0.6) is 0 Å². The number of halogens is 1. The lowest BCUT2D eigenvalue weighted by Gasteiger charge is -2.27. The van der Waals surface area contributed by atoms with E-state index in [-0.39, 0.29) is 12.1 Å². The van der Waals surface area contributed by atoms with Gasteiger partial charge in [0.1, 0.15) is 11.6 Å². The van der Waals surface area contributed by atoms with E-state index in [9.17, 15) is 28.5 Å². The Balaban J connectivity index is 2.33. The molecule has 0 aliphatic heterocycles. The van der Waals surface area contributed by atoms with E-state index >= 15 is 0 Å². The Morgan fingerprint density at radius 3 is 2.32 bits per heavy atom. The van der Waals surface area contributed by atoms with Crippen LogP contribution in [0, 0.1) is 11.7 Å². The summed E-state index contributed by atoms with van der Waals surface area (Å²) in [4.78, 5) is 32.9. The standard InChI is InChI=1S/C19H21FNO6P/c20-15-7-4-8-16(11-15)21-18(13-5-2-1-3-6-13)28(26,27)12-14(19(24)25)9-10-17(22)23/h1-8,11,14,18,21H,9-10,12H2,(H,22,23)(H,24,25)(H,26,27). The van der Waals surface area contributed by atoms with E-state index in [0.29, 0.717) is 5.56 Å². The second-order valence-corrected chi connectivity index (χ2v) is 8.77. The van der Waals surface area contributed by atoms with Crippen molar-refractivity contribution < 1.29 is 33.7 Å². The summed E-state index contributed by atoms with van der Waals surface area (Å²) in [6, 6.07) is 13.6. The van der Waals surface area contributed by atoms with Gasteiger partial charge in [0.15, 0.2) is 0 Å². The molecule has 0 amide bonds. The zero-order valence-electron chi connectivity index (χ0n) is 14.9. The van der Waals surface area contributed by atoms with Crippen LogP contribution in [-0.2, 0) is 14.2 Å². The molecule has 9 heteroatoms. The van der Waals surface area contributed by atoms with Crippen LogP contribution in [0.4, 0.5) is 10.1 Å². The van der Waals surface area contributed by atoms with Crippen LogP contribution in [0.2, 0.25) is 0 Å². The minimum Gasteiger partial charge on any atom is -0.481 e. The number of nitrogens with one attached hydrogen (secondary N) is 1. The molecule has 0 saturated carbocycles. The van der Waals surface area contributed by atoms with Crippen LogP contribution in [0.25, 0.3) is 0 Å². The Morgan fingerprint density at radius 2 is 1.75 bits per heavy atom. The summed E-state index contributed by atoms with van der Waals surface area (Å²) < 4.78 is 26.7. The van der Waals surface area contributed by atoms with Crippen molar-refractivity contribution in [2.75, 3.05) is 11.5 Å². The Labute approximate surface area is 161 Å². The van der Waals surface area contributed by atoms with Gasteiger partial charge in [-0.1, -0.05) is 36.4 Å². The minimum absolute atomic E-state index is 0.264. The summed E-state index contributed by atoms with van der Waals surface area (Å²) in [5.41, 5.74) is 0.695. The number of rotatable bonds is 10. The molecule has 3 unspecified atom stereocenters. The van der Waals surface area contributed by atoms with Gasteiger partial charge in [0, 0.05) is 18.3 Å². The molecule has 4 N–H and O–H groups in total. The fourth-order valence-electron chi connectivity index (χ4n) is 2.80. The Morgan fingerprint density at radius 1 is 1.07 bits per heavy atom. The Hall–Kier alpha value is -2.70. The van der Waals surface area contributed by atoms with Crippen molar-refractivity contribution in [3.05, 3.63) is 66.0 Å². The molecule has 0 aliphatic carbocycles. The Kier molecular flexibility index (Phi) is 7.31. The second-order valence-electron chi connectivity index (χ2n) is 6.37. The van der Waals surface area contributed by atoms with E-state index in [1.807, 2.05) is 0 Å². The first-order chi connectivity index (χ1) is 13.2. The molecular weight excluding hydrogens is 388 g/mol. The van der Waals surface area contributed by atoms with Gasteiger partial charge < -0.3 is 20.4 Å². The smallest absolute Gasteiger partial charge is 0.307 e. The zero-order chi connectivity index (χ0) is 20.7. The summed E-state index contributed by atoms with van der Waals surface area (Å²) in [6.07, 6.45) is -1.31. The highest BCUT2D eigenvalue weighted by Crippen LogP contribution is 2.57. The highest BCUT2D eigenvalue weighted by atomic mass is 31.2. The van der Waals surface area contributed by atoms with Crippen molar-refractivity contribution in [3.63, 3.8) is 0 Å². The van der Waals surface area contributed by atoms with Crippen LogP contribution in [0.3, 0.4) is 0 Å². The van der Waals surface area contributed by atoms with E-state index in [4.69, 9.17) is 5.11 Å². The highest BCUT2D eigenvalue weighted by molar-refractivity contribution is 7.58. The van der Waals surface area contributed by atoms with E-state index in [2.05, 4.69) is 5.32 Å². The lowest BCUT2D eigenvalue weighted by Crippen LogP contribution is -2.23. The number of carboxylic acids is 2. The third kappa shape index (κ3) is 6.18. The minimum atomic E-state index is -4.18. The van der Waals surface area contributed by atoms with Crippen molar-refractivity contribution in [2.45, 2.75) is 18.6 Å². The van der Waals surface area contributed by atoms with Crippen molar-refractivity contribution in [2.24, 2.45) is 5.92 Å². The van der Waals surface area contributed by atoms with Crippen molar-refractivity contribution in [1.82, 2.24) is 0 Å². The SMILES string of the molecule is O=C(O)CCC(CP(=O)(O)C(Nc1cccc(F)c1)c1ccccc1)C(=O)O. The highest BCUT2D eigenvalue weighted by Gasteiger charge is 2.37. The molecule has 150 valence electrons. The lowest BCUT2D eigenvalue weighted by atomic mass is 10.1. The van der Waals surface area contributed by atoms with Crippen LogP contribution in [-0.4, -0.2) is 33.2 Å². The molecule has 0 aromatic heterocycles. The average Bonchev–Trinajstić information content (AvgIpc) is 2.63. The summed E-state index contributed by atoms with van der Waals surface area (Å²) in [5, 5.41) is 20.9. The van der Waals surface area contributed by atoms with E-state index < -0.39 is 49.4 Å². The normalized spacial score (nSPS) is 15.2. The fourth-order valence-corrected chi connectivity index (χ4v) is 4.97. The average molecular weight is 409 g/mol. The number of anilines is 1. The molecule has 2 aromatic carbocycles. The van der Waals surface area contributed by atoms with Gasteiger partial charge in [-0.3, -0.25) is 14.2 Å². The molecule has 0 aliphatic rings. The molecule has 0 saturated heterocycles. The van der Waals surface area contributed by atoms with Gasteiger partial charge in [-0.05, 0) is 30.2 Å². The third-order valence-electron chi connectivity index (χ3n) is 4.18. The van der Waals surface area contributed by atoms with Crippen LogP contribution in [0.15, 0.2) is 54.6 Å². The van der Waals surface area contributed by atoms with Gasteiger partial charge >= 0.3 is 11.9 Å². The fraction of sp³-hybridized carbons (Fsp3) is 0.263. The van der Waals surface area contributed by atoms with E-state index in [0.717, 1.165) is 6.07 Å². The summed E-state index contributed by atoms with van der Waals surface area (Å²) >= 11 is 0. The lowest BCUT2D eigenvalue weighted by molar-refractivity contribution is -0.142. The quantitative estimate of drug-likeness (QED) is 0.440. The van der Waals surface area contributed by atoms with Gasteiger partial charge in [0.05, 0.1) is 5.92 Å². The van der Waals surface area contributed by atoms with Crippen LogP contribution in [0.1, 0.15) is 24.2 Å². The molecule has 0 spiro atoms. The molecule has 2 aromatic rings. The maximum absolute atomic E-state index is 13.5. The molecule has 0 fully saturated rings. The van der Waals surface area contributed by atoms with Crippen molar-refractivity contribution >= 4 is 25.0 Å². The predicted molar refractivity (Wildman–Crippen MR) is 102 cm³/mol. The molecular formula is C19H21FNO6P. The summed E-state index contributed by atoms with van der Waals surface area (Å²) in [6.45, 7) is 0. The molecule has 28 heavy (non-hydrogen) atoms. The maximum atomic E-state index is 13.5. The number of hydrogen-bond acceptors (Lipinski definition) is 4. The third-order valence-corrected chi connectivity index (χ3v) is 6.38. The first-order valence-electron chi connectivity index (χ1n) is 8.52. The van der Waals surface area contributed by atoms with Crippen molar-refractivity contribution in [1.29, 1.82) is 0 Å². The van der Waals surface area contributed by atoms with E-state index in [1.165, 1.54) is 18.2 Å². The van der Waals surface area contributed by atoms with Gasteiger partial charge in [-0.25, -0.2) is 4.39 Å². The zero-order valence-corrected chi connectivity index (χ0v) is 15.8. The number of hydrogen-bond donors (Lipinski definition) is 4. The molecule has 7 nitrogen and oxygen atoms in total. The molecule has 0 radical (unpaired) electrons. The van der Waals surface area contributed by atoms with Crippen LogP contribution < -0.4 is 5.32 Å². The van der Waals surface area contributed by atoms with Gasteiger partial charge in [-0.15, -0.1) is 0 Å². The first-order valence-corrected chi connectivity index (χ1v) is 10.4. The monoisotopic (exact) mass is 409 g/mol. The van der Waals surface area contributed by atoms with Crippen LogP contribution >= 0.6 is 7.37 Å². The summed E-state index contributed by atoms with van der Waals surface area (Å²) in [5.74, 6) is -5.53. The van der Waals surface area contributed by atoms with Crippen molar-refractivity contribution in [3.8, 4) is 0 Å². The molecule has 0 bridgehead atoms. The molecule has 3 atom stereocenters. The first kappa shape index (κ1) is 21.6. The maximum Gasteiger partial charge on any atom is 0.307 e. The topological polar surface area (TPSA) is 124 Å². The van der Waals surface area contributed by atoms with Gasteiger partial charge in [-0.2, -0.15) is 0 Å². The number of carboxylic acid groups (broad SMARTS) is 2. The predicted octanol–water partition coefficient (Wildman–Crippen LogP) is 3.77. The summed E-state index contributed by atoms with van der Waals surface area (Å²) in [7, 11) is -4.18. The molecule has 2 rings (SSSR count). The number of benzene rings is 2. The Bertz CT molecular complexity index is 876. The van der Waals surface area contributed by atoms with E-state index in [1.54, 1.807) is 30.3 Å².